The van der Waals surface area contributed by atoms with Crippen LogP contribution >= 0.6 is 68.1 Å². The van der Waals surface area contributed by atoms with Gasteiger partial charge in [0.2, 0.25) is 0 Å². The Hall–Kier alpha value is -0.110. The van der Waals surface area contributed by atoms with Crippen molar-refractivity contribution in [2.45, 2.75) is 13.5 Å². The van der Waals surface area contributed by atoms with Gasteiger partial charge in [0.05, 0.1) is 23.9 Å². The number of nitrogens with zero attached hydrogens (tertiary/aromatic N) is 2. The maximum absolute atomic E-state index is 9.07. The molecular weight excluding hydrogens is 507 g/mol. The van der Waals surface area contributed by atoms with E-state index in [0.717, 1.165) is 28.8 Å². The lowest BCUT2D eigenvalue weighted by Crippen LogP contribution is -2.04. The van der Waals surface area contributed by atoms with E-state index >= 15 is 0 Å². The van der Waals surface area contributed by atoms with E-state index in [-0.39, 0.29) is 0 Å². The summed E-state index contributed by atoms with van der Waals surface area (Å²) in [6.07, 6.45) is 1.77. The van der Waals surface area contributed by atoms with Crippen molar-refractivity contribution in [3.05, 3.63) is 39.9 Å². The lowest BCUT2D eigenvalue weighted by atomic mass is 10.1. The number of nitriles is 1. The number of benzene rings is 1. The zero-order valence-corrected chi connectivity index (χ0v) is 15.7. The van der Waals surface area contributed by atoms with Crippen LogP contribution in [-0.4, -0.2) is 4.98 Å². The van der Waals surface area contributed by atoms with Crippen molar-refractivity contribution >= 4 is 73.8 Å². The molecule has 3 nitrogen and oxygen atoms in total. The number of hydrogen-bond donors (Lipinski definition) is 1. The highest BCUT2D eigenvalue weighted by molar-refractivity contribution is 14.1. The maximum atomic E-state index is 9.07. The Morgan fingerprint density at radius 2 is 2.26 bits per heavy atom. The van der Waals surface area contributed by atoms with Crippen molar-refractivity contribution in [1.82, 2.24) is 4.98 Å². The van der Waals surface area contributed by atoms with Crippen molar-refractivity contribution < 1.29 is 0 Å². The molecular formula is C12H8ClI2N3S. The lowest BCUT2D eigenvalue weighted by molar-refractivity contribution is 1.16. The van der Waals surface area contributed by atoms with Gasteiger partial charge in [-0.15, -0.1) is 11.3 Å². The average molecular weight is 516 g/mol. The predicted molar refractivity (Wildman–Crippen MR) is 95.8 cm³/mol. The van der Waals surface area contributed by atoms with Gasteiger partial charge in [-0.25, -0.2) is 4.98 Å². The normalized spacial score (nSPS) is 10.3. The van der Waals surface area contributed by atoms with Crippen molar-refractivity contribution in [3.8, 4) is 6.07 Å². The first-order chi connectivity index (χ1) is 9.02. The van der Waals surface area contributed by atoms with E-state index < -0.39 is 0 Å². The van der Waals surface area contributed by atoms with E-state index in [1.807, 2.05) is 13.0 Å². The predicted octanol–water partition coefficient (Wildman–Crippen LogP) is 4.80. The van der Waals surface area contributed by atoms with Gasteiger partial charge in [0.15, 0.2) is 4.47 Å². The van der Waals surface area contributed by atoms with Crippen LogP contribution in [0.3, 0.4) is 0 Å². The number of halogens is 3. The van der Waals surface area contributed by atoms with Crippen LogP contribution in [0.2, 0.25) is 4.47 Å². The van der Waals surface area contributed by atoms with Gasteiger partial charge in [-0.1, -0.05) is 11.6 Å². The molecule has 0 fully saturated rings. The molecule has 1 aromatic carbocycles. The minimum Gasteiger partial charge on any atom is -0.378 e. The Morgan fingerprint density at radius 3 is 2.84 bits per heavy atom. The quantitative estimate of drug-likeness (QED) is 0.598. The molecule has 1 aromatic heterocycles. The number of anilines is 1. The zero-order chi connectivity index (χ0) is 14.0. The third kappa shape index (κ3) is 3.51. The minimum atomic E-state index is 0.553. The van der Waals surface area contributed by atoms with Crippen LogP contribution < -0.4 is 5.32 Å². The maximum Gasteiger partial charge on any atom is 0.183 e. The summed E-state index contributed by atoms with van der Waals surface area (Å²) in [5, 5.41) is 12.5. The second-order valence-corrected chi connectivity index (χ2v) is 7.70. The summed E-state index contributed by atoms with van der Waals surface area (Å²) in [6, 6.07) is 4.12. The molecule has 0 radical (unpaired) electrons. The van der Waals surface area contributed by atoms with Crippen LogP contribution in [0.25, 0.3) is 0 Å². The largest absolute Gasteiger partial charge is 0.378 e. The molecule has 2 rings (SSSR count). The average Bonchev–Trinajstić information content (AvgIpc) is 2.79. The molecule has 0 amide bonds. The zero-order valence-electron chi connectivity index (χ0n) is 9.80. The third-order valence-corrected chi connectivity index (χ3v) is 5.86. The molecule has 0 bridgehead atoms. The van der Waals surface area contributed by atoms with E-state index in [4.69, 9.17) is 16.9 Å². The second-order valence-electron chi connectivity index (χ2n) is 3.76. The highest BCUT2D eigenvalue weighted by Crippen LogP contribution is 2.31. The fraction of sp³-hybridized carbons (Fsp3) is 0.167. The van der Waals surface area contributed by atoms with Crippen molar-refractivity contribution in [2.24, 2.45) is 0 Å². The van der Waals surface area contributed by atoms with Crippen LogP contribution in [0, 0.1) is 25.4 Å². The van der Waals surface area contributed by atoms with Crippen molar-refractivity contribution in [1.29, 1.82) is 5.26 Å². The summed E-state index contributed by atoms with van der Waals surface area (Å²) < 4.78 is 2.67. The monoisotopic (exact) mass is 515 g/mol. The molecule has 0 aliphatic heterocycles. The standard InChI is InChI=1S/C12H8ClI2N3S/c1-6-7(3-16)2-9(14)11(10(6)15)17-4-8-5-18-12(13)19-8/h2,5,17H,4H2,1H3. The number of hydrogen-bond acceptors (Lipinski definition) is 4. The number of thiazole rings is 1. The molecule has 0 saturated carbocycles. The highest BCUT2D eigenvalue weighted by atomic mass is 127. The van der Waals surface area contributed by atoms with E-state index in [1.54, 1.807) is 6.20 Å². The van der Waals surface area contributed by atoms with Crippen LogP contribution in [0.1, 0.15) is 16.0 Å². The molecule has 0 aliphatic rings. The van der Waals surface area contributed by atoms with Crippen LogP contribution in [0.4, 0.5) is 5.69 Å². The van der Waals surface area contributed by atoms with Gasteiger partial charge in [0.25, 0.3) is 0 Å². The van der Waals surface area contributed by atoms with E-state index in [1.165, 1.54) is 11.3 Å². The van der Waals surface area contributed by atoms with Crippen LogP contribution in [0.5, 0.6) is 0 Å². The Morgan fingerprint density at radius 1 is 1.53 bits per heavy atom. The molecule has 0 saturated heterocycles. The minimum absolute atomic E-state index is 0.553. The molecule has 0 atom stereocenters. The summed E-state index contributed by atoms with van der Waals surface area (Å²) in [5.41, 5.74) is 2.79. The second kappa shape index (κ2) is 6.56. The van der Waals surface area contributed by atoms with Crippen molar-refractivity contribution in [3.63, 3.8) is 0 Å². The van der Waals surface area contributed by atoms with Gasteiger partial charge in [0.1, 0.15) is 0 Å². The summed E-state index contributed by atoms with van der Waals surface area (Å²) in [5.74, 6) is 0. The van der Waals surface area contributed by atoms with E-state index in [2.05, 4.69) is 61.6 Å². The summed E-state index contributed by atoms with van der Waals surface area (Å²) in [6.45, 7) is 2.65. The summed E-state index contributed by atoms with van der Waals surface area (Å²) in [7, 11) is 0. The first kappa shape index (κ1) is 15.3. The Labute approximate surface area is 147 Å². The fourth-order valence-electron chi connectivity index (χ4n) is 1.54. The Bertz CT molecular complexity index is 664. The summed E-state index contributed by atoms with van der Waals surface area (Å²) in [4.78, 5) is 5.10. The number of aromatic nitrogens is 1. The molecule has 1 heterocycles. The molecule has 2 aromatic rings. The van der Waals surface area contributed by atoms with Gasteiger partial charge < -0.3 is 5.32 Å². The van der Waals surface area contributed by atoms with Crippen molar-refractivity contribution in [2.75, 3.05) is 5.32 Å². The van der Waals surface area contributed by atoms with Gasteiger partial charge in [-0.05, 0) is 63.7 Å². The Balaban J connectivity index is 2.26. The lowest BCUT2D eigenvalue weighted by Gasteiger charge is -2.13. The molecule has 19 heavy (non-hydrogen) atoms. The SMILES string of the molecule is Cc1c(C#N)cc(I)c(NCc2cnc(Cl)s2)c1I. The van der Waals surface area contributed by atoms with Gasteiger partial charge in [-0.3, -0.25) is 0 Å². The molecule has 98 valence electrons. The number of rotatable bonds is 3. The van der Waals surface area contributed by atoms with Gasteiger partial charge in [0, 0.05) is 18.2 Å². The molecule has 7 heteroatoms. The topological polar surface area (TPSA) is 48.7 Å². The molecule has 0 spiro atoms. The molecule has 0 unspecified atom stereocenters. The first-order valence-corrected chi connectivity index (χ1v) is 8.61. The van der Waals surface area contributed by atoms with Crippen LogP contribution in [0.15, 0.2) is 12.3 Å². The van der Waals surface area contributed by atoms with E-state index in [0.29, 0.717) is 11.0 Å². The molecule has 1 N–H and O–H groups in total. The van der Waals surface area contributed by atoms with E-state index in [9.17, 15) is 0 Å². The fourth-order valence-corrected chi connectivity index (χ4v) is 4.51. The molecule has 0 aliphatic carbocycles. The smallest absolute Gasteiger partial charge is 0.183 e. The Kier molecular flexibility index (Phi) is 5.28. The van der Waals surface area contributed by atoms with Gasteiger partial charge >= 0.3 is 0 Å². The first-order valence-electron chi connectivity index (χ1n) is 5.25. The summed E-state index contributed by atoms with van der Waals surface area (Å²) >= 11 is 11.8. The van der Waals surface area contributed by atoms with Gasteiger partial charge in [-0.2, -0.15) is 5.26 Å². The number of nitrogens with one attached hydrogen (secondary N) is 1. The van der Waals surface area contributed by atoms with Crippen LogP contribution in [-0.2, 0) is 6.54 Å². The third-order valence-electron chi connectivity index (χ3n) is 2.55. The highest BCUT2D eigenvalue weighted by Gasteiger charge is 2.12.